The van der Waals surface area contributed by atoms with Gasteiger partial charge in [-0.15, -0.1) is 0 Å². The van der Waals surface area contributed by atoms with Crippen molar-refractivity contribution in [2.24, 2.45) is 5.41 Å². The van der Waals surface area contributed by atoms with Crippen LogP contribution in [0.5, 0.6) is 0 Å². The minimum absolute atomic E-state index is 0.0181. The number of rotatable bonds is 3. The second-order valence-electron chi connectivity index (χ2n) is 5.39. The van der Waals surface area contributed by atoms with E-state index in [1.807, 2.05) is 6.92 Å². The van der Waals surface area contributed by atoms with Crippen molar-refractivity contribution in [1.82, 2.24) is 4.90 Å². The molecular weight excluding hydrogens is 341 g/mol. The predicted molar refractivity (Wildman–Crippen MR) is 79.6 cm³/mol. The van der Waals surface area contributed by atoms with Crippen LogP contribution in [-0.2, 0) is 4.79 Å². The van der Waals surface area contributed by atoms with Gasteiger partial charge in [-0.3, -0.25) is 9.59 Å². The quantitative estimate of drug-likeness (QED) is 0.902. The number of aliphatic carboxylic acids is 1. The van der Waals surface area contributed by atoms with E-state index in [1.54, 1.807) is 6.07 Å². The average molecular weight is 358 g/mol. The van der Waals surface area contributed by atoms with Crippen LogP contribution in [0.1, 0.15) is 36.5 Å². The largest absolute Gasteiger partial charge is 0.481 e. The van der Waals surface area contributed by atoms with E-state index >= 15 is 0 Å². The van der Waals surface area contributed by atoms with Crippen LogP contribution in [-0.4, -0.2) is 35.0 Å². The van der Waals surface area contributed by atoms with Crippen LogP contribution in [0.3, 0.4) is 0 Å². The highest BCUT2D eigenvalue weighted by atomic mass is 79.9. The van der Waals surface area contributed by atoms with Gasteiger partial charge in [0, 0.05) is 17.6 Å². The third kappa shape index (κ3) is 3.10. The van der Waals surface area contributed by atoms with Crippen LogP contribution in [0.25, 0.3) is 0 Å². The minimum Gasteiger partial charge on any atom is -0.481 e. The molecule has 1 amide bonds. The molecule has 0 bridgehead atoms. The summed E-state index contributed by atoms with van der Waals surface area (Å²) in [5, 5.41) is 9.43. The molecule has 1 atom stereocenters. The first-order chi connectivity index (χ1) is 9.89. The molecule has 0 saturated carbocycles. The molecule has 21 heavy (non-hydrogen) atoms. The SMILES string of the molecule is CCC1(C(=O)O)CCCN(C(=O)c2ccc(Br)cc2F)C1. The average Bonchev–Trinajstić information content (AvgIpc) is 2.46. The molecule has 114 valence electrons. The standard InChI is InChI=1S/C15H17BrFNO3/c1-2-15(14(20)21)6-3-7-18(9-15)13(19)11-5-4-10(16)8-12(11)17/h4-5,8H,2-3,6-7,9H2,1H3,(H,20,21). The van der Waals surface area contributed by atoms with E-state index in [0.29, 0.717) is 30.3 Å². The molecule has 0 radical (unpaired) electrons. The summed E-state index contributed by atoms with van der Waals surface area (Å²) in [5.41, 5.74) is -0.935. The molecular formula is C15H17BrFNO3. The van der Waals surface area contributed by atoms with Crippen LogP contribution >= 0.6 is 15.9 Å². The Labute approximate surface area is 131 Å². The van der Waals surface area contributed by atoms with Gasteiger partial charge >= 0.3 is 5.97 Å². The summed E-state index contributed by atoms with van der Waals surface area (Å²) >= 11 is 3.15. The lowest BCUT2D eigenvalue weighted by molar-refractivity contribution is -0.152. The van der Waals surface area contributed by atoms with Crippen molar-refractivity contribution in [1.29, 1.82) is 0 Å². The molecule has 0 spiro atoms. The second kappa shape index (κ2) is 6.13. The Morgan fingerprint density at radius 3 is 2.76 bits per heavy atom. The number of carboxylic acids is 1. The van der Waals surface area contributed by atoms with Crippen molar-refractivity contribution < 1.29 is 19.1 Å². The molecule has 2 rings (SSSR count). The van der Waals surface area contributed by atoms with Crippen molar-refractivity contribution in [3.8, 4) is 0 Å². The number of benzene rings is 1. The highest BCUT2D eigenvalue weighted by Gasteiger charge is 2.42. The van der Waals surface area contributed by atoms with E-state index in [4.69, 9.17) is 0 Å². The molecule has 0 aliphatic carbocycles. The Balaban J connectivity index is 2.25. The Hall–Kier alpha value is -1.43. The smallest absolute Gasteiger partial charge is 0.311 e. The molecule has 1 saturated heterocycles. The number of hydrogen-bond donors (Lipinski definition) is 1. The molecule has 1 unspecified atom stereocenters. The van der Waals surface area contributed by atoms with Crippen molar-refractivity contribution in [2.45, 2.75) is 26.2 Å². The number of carbonyl (C=O) groups is 2. The third-order valence-electron chi connectivity index (χ3n) is 4.16. The van der Waals surface area contributed by atoms with Crippen LogP contribution < -0.4 is 0 Å². The van der Waals surface area contributed by atoms with Gasteiger partial charge in [0.15, 0.2) is 0 Å². The lowest BCUT2D eigenvalue weighted by atomic mass is 9.77. The Morgan fingerprint density at radius 1 is 1.48 bits per heavy atom. The van der Waals surface area contributed by atoms with E-state index in [0.717, 1.165) is 0 Å². The van der Waals surface area contributed by atoms with Crippen LogP contribution in [0.4, 0.5) is 4.39 Å². The molecule has 1 aliphatic heterocycles. The minimum atomic E-state index is -0.917. The molecule has 1 fully saturated rings. The molecule has 1 aliphatic rings. The second-order valence-corrected chi connectivity index (χ2v) is 6.31. The number of piperidine rings is 1. The molecule has 1 N–H and O–H groups in total. The highest BCUT2D eigenvalue weighted by Crippen LogP contribution is 2.34. The van der Waals surface area contributed by atoms with Crippen molar-refractivity contribution in [3.63, 3.8) is 0 Å². The van der Waals surface area contributed by atoms with Gasteiger partial charge in [-0.05, 0) is 37.5 Å². The number of likely N-dealkylation sites (tertiary alicyclic amines) is 1. The van der Waals surface area contributed by atoms with Crippen molar-refractivity contribution in [3.05, 3.63) is 34.1 Å². The number of carboxylic acid groups (broad SMARTS) is 1. The number of carbonyl (C=O) groups excluding carboxylic acids is 1. The van der Waals surface area contributed by atoms with Gasteiger partial charge in [0.05, 0.1) is 11.0 Å². The van der Waals surface area contributed by atoms with Crippen molar-refractivity contribution >= 4 is 27.8 Å². The maximum atomic E-state index is 13.9. The van der Waals surface area contributed by atoms with Gasteiger partial charge in [0.1, 0.15) is 5.82 Å². The van der Waals surface area contributed by atoms with E-state index in [9.17, 15) is 19.1 Å². The molecule has 1 aromatic carbocycles. The number of amides is 1. The fourth-order valence-electron chi connectivity index (χ4n) is 2.75. The van der Waals surface area contributed by atoms with Gasteiger partial charge in [0.25, 0.3) is 5.91 Å². The maximum absolute atomic E-state index is 13.9. The third-order valence-corrected chi connectivity index (χ3v) is 4.65. The van der Waals surface area contributed by atoms with Gasteiger partial charge in [-0.25, -0.2) is 4.39 Å². The normalized spacial score (nSPS) is 22.1. The van der Waals surface area contributed by atoms with E-state index in [1.165, 1.54) is 17.0 Å². The lowest BCUT2D eigenvalue weighted by Crippen LogP contribution is -2.49. The summed E-state index contributed by atoms with van der Waals surface area (Å²) in [4.78, 5) is 25.4. The maximum Gasteiger partial charge on any atom is 0.311 e. The molecule has 4 nitrogen and oxygen atoms in total. The summed E-state index contributed by atoms with van der Waals surface area (Å²) in [6.07, 6.45) is 1.62. The zero-order valence-corrected chi connectivity index (χ0v) is 13.3. The summed E-state index contributed by atoms with van der Waals surface area (Å²) in [5.74, 6) is -1.94. The first kappa shape index (κ1) is 15.9. The van der Waals surface area contributed by atoms with Crippen LogP contribution in [0.2, 0.25) is 0 Å². The van der Waals surface area contributed by atoms with Gasteiger partial charge in [-0.1, -0.05) is 22.9 Å². The molecule has 0 aromatic heterocycles. The number of halogens is 2. The number of hydrogen-bond acceptors (Lipinski definition) is 2. The van der Waals surface area contributed by atoms with Gasteiger partial charge in [0.2, 0.25) is 0 Å². The number of nitrogens with zero attached hydrogens (tertiary/aromatic N) is 1. The zero-order chi connectivity index (χ0) is 15.6. The summed E-state index contributed by atoms with van der Waals surface area (Å²) < 4.78 is 14.5. The highest BCUT2D eigenvalue weighted by molar-refractivity contribution is 9.10. The fraction of sp³-hybridized carbons (Fsp3) is 0.467. The van der Waals surface area contributed by atoms with E-state index < -0.39 is 23.1 Å². The Bertz CT molecular complexity index is 578. The monoisotopic (exact) mass is 357 g/mol. The van der Waals surface area contributed by atoms with E-state index in [2.05, 4.69) is 15.9 Å². The predicted octanol–water partition coefficient (Wildman–Crippen LogP) is 3.31. The topological polar surface area (TPSA) is 57.6 Å². The van der Waals surface area contributed by atoms with Crippen molar-refractivity contribution in [2.75, 3.05) is 13.1 Å². The van der Waals surface area contributed by atoms with E-state index in [-0.39, 0.29) is 12.1 Å². The molecule has 1 heterocycles. The molecule has 6 heteroatoms. The first-order valence-electron chi connectivity index (χ1n) is 6.87. The fourth-order valence-corrected chi connectivity index (χ4v) is 3.09. The van der Waals surface area contributed by atoms with Crippen LogP contribution in [0.15, 0.2) is 22.7 Å². The summed E-state index contributed by atoms with van der Waals surface area (Å²) in [7, 11) is 0. The lowest BCUT2D eigenvalue weighted by Gasteiger charge is -2.39. The molecule has 1 aromatic rings. The Kier molecular flexibility index (Phi) is 4.66. The Morgan fingerprint density at radius 2 is 2.19 bits per heavy atom. The van der Waals surface area contributed by atoms with Gasteiger partial charge in [-0.2, -0.15) is 0 Å². The van der Waals surface area contributed by atoms with Gasteiger partial charge < -0.3 is 10.0 Å². The zero-order valence-electron chi connectivity index (χ0n) is 11.7. The van der Waals surface area contributed by atoms with Crippen LogP contribution in [0, 0.1) is 11.2 Å². The summed E-state index contributed by atoms with van der Waals surface area (Å²) in [6.45, 7) is 2.40. The summed E-state index contributed by atoms with van der Waals surface area (Å²) in [6, 6.07) is 4.26. The first-order valence-corrected chi connectivity index (χ1v) is 7.66.